The lowest BCUT2D eigenvalue weighted by Gasteiger charge is -2.29. The smallest absolute Gasteiger partial charge is 0.354 e. The second-order valence-corrected chi connectivity index (χ2v) is 9.30. The number of ether oxygens (including phenoxy) is 4. The van der Waals surface area contributed by atoms with Crippen molar-refractivity contribution in [1.82, 2.24) is 14.8 Å². The summed E-state index contributed by atoms with van der Waals surface area (Å²) < 4.78 is 23.2. The zero-order chi connectivity index (χ0) is 27.9. The highest BCUT2D eigenvalue weighted by molar-refractivity contribution is 5.95. The first-order valence-electron chi connectivity index (χ1n) is 13.4. The number of aliphatic carboxylic acids is 1. The topological polar surface area (TPSA) is 143 Å². The summed E-state index contributed by atoms with van der Waals surface area (Å²) >= 11 is 0. The number of hydrogen-bond acceptors (Lipinski definition) is 10. The summed E-state index contributed by atoms with van der Waals surface area (Å²) in [6.45, 7) is 8.97. The Kier molecular flexibility index (Phi) is 13.5. The van der Waals surface area contributed by atoms with Crippen LogP contribution in [0.2, 0.25) is 0 Å². The molecule has 12 heteroatoms. The molecule has 3 heterocycles. The lowest BCUT2D eigenvalue weighted by atomic mass is 10.1. The zero-order valence-corrected chi connectivity index (χ0v) is 22.6. The quantitative estimate of drug-likeness (QED) is 0.536. The number of rotatable bonds is 6. The number of pyridine rings is 1. The van der Waals surface area contributed by atoms with Gasteiger partial charge in [-0.15, -0.1) is 0 Å². The molecular weight excluding hydrogens is 508 g/mol. The Morgan fingerprint density at radius 1 is 0.872 bits per heavy atom. The predicted molar refractivity (Wildman–Crippen MR) is 143 cm³/mol. The number of allylic oxidation sites excluding steroid dienone is 1. The van der Waals surface area contributed by atoms with E-state index in [4.69, 9.17) is 18.9 Å². The predicted octanol–water partition coefficient (Wildman–Crippen LogP) is 1.73. The van der Waals surface area contributed by atoms with E-state index in [0.717, 1.165) is 12.1 Å². The van der Waals surface area contributed by atoms with Gasteiger partial charge in [-0.05, 0) is 31.9 Å². The van der Waals surface area contributed by atoms with E-state index in [0.29, 0.717) is 97.7 Å². The standard InChI is InChI=1S/C27H40N4O8/c1-21(23-5-3-7-25(29-23)27(34)35)31-10-14-38-18-16-36-12-8-30(9-13-37-17-19-39-15-11-31)20-22-4-2-6-24(28-22)26(32)33/h3,5-7,21H,2,4,8-20H2,1H3,(H,32,33)(H,34,35). The van der Waals surface area contributed by atoms with Gasteiger partial charge < -0.3 is 29.2 Å². The Balaban J connectivity index is 1.50. The lowest BCUT2D eigenvalue weighted by Crippen LogP contribution is -2.37. The largest absolute Gasteiger partial charge is 0.477 e. The second kappa shape index (κ2) is 17.1. The van der Waals surface area contributed by atoms with Crippen molar-refractivity contribution in [2.45, 2.75) is 25.8 Å². The third kappa shape index (κ3) is 11.1. The van der Waals surface area contributed by atoms with Gasteiger partial charge in [0.15, 0.2) is 0 Å². The van der Waals surface area contributed by atoms with Gasteiger partial charge in [0, 0.05) is 44.5 Å². The molecule has 0 aromatic carbocycles. The van der Waals surface area contributed by atoms with Crippen molar-refractivity contribution in [3.8, 4) is 0 Å². The van der Waals surface area contributed by atoms with Crippen LogP contribution in [0.25, 0.3) is 0 Å². The van der Waals surface area contributed by atoms with E-state index in [9.17, 15) is 19.8 Å². The molecule has 216 valence electrons. The fraction of sp³-hybridized carbons (Fsp3) is 0.630. The van der Waals surface area contributed by atoms with Crippen molar-refractivity contribution >= 4 is 17.7 Å². The van der Waals surface area contributed by atoms with Crippen molar-refractivity contribution in [1.29, 1.82) is 0 Å². The van der Waals surface area contributed by atoms with Crippen LogP contribution < -0.4 is 0 Å². The molecule has 0 saturated carbocycles. The van der Waals surface area contributed by atoms with E-state index in [-0.39, 0.29) is 17.4 Å². The number of carboxylic acids is 2. The Labute approximate surface area is 229 Å². The van der Waals surface area contributed by atoms with Gasteiger partial charge >= 0.3 is 11.9 Å². The average molecular weight is 549 g/mol. The molecule has 0 aliphatic carbocycles. The number of nitrogens with zero attached hydrogens (tertiary/aromatic N) is 4. The highest BCUT2D eigenvalue weighted by atomic mass is 16.5. The van der Waals surface area contributed by atoms with Gasteiger partial charge in [-0.3, -0.25) is 9.80 Å². The van der Waals surface area contributed by atoms with Gasteiger partial charge in [0.05, 0.1) is 58.5 Å². The summed E-state index contributed by atoms with van der Waals surface area (Å²) in [6.07, 6.45) is 3.08. The van der Waals surface area contributed by atoms with Crippen LogP contribution in [0, 0.1) is 0 Å². The van der Waals surface area contributed by atoms with Crippen molar-refractivity contribution in [3.05, 3.63) is 41.4 Å². The van der Waals surface area contributed by atoms with Gasteiger partial charge in [-0.2, -0.15) is 0 Å². The van der Waals surface area contributed by atoms with Gasteiger partial charge in [0.25, 0.3) is 0 Å². The number of aliphatic imine (C=N–C) groups is 1. The number of aromatic nitrogens is 1. The summed E-state index contributed by atoms with van der Waals surface area (Å²) in [6, 6.07) is 4.91. The summed E-state index contributed by atoms with van der Waals surface area (Å²) in [5, 5.41) is 18.5. The van der Waals surface area contributed by atoms with Gasteiger partial charge in [0.2, 0.25) is 0 Å². The first kappa shape index (κ1) is 30.8. The maximum atomic E-state index is 11.3. The average Bonchev–Trinajstić information content (AvgIpc) is 2.93. The molecular formula is C27H40N4O8. The molecule has 1 fully saturated rings. The van der Waals surface area contributed by atoms with E-state index in [2.05, 4.69) is 19.8 Å². The van der Waals surface area contributed by atoms with Crippen LogP contribution in [0.3, 0.4) is 0 Å². The molecule has 1 unspecified atom stereocenters. The number of aromatic carboxylic acids is 1. The maximum Gasteiger partial charge on any atom is 0.354 e. The zero-order valence-electron chi connectivity index (χ0n) is 22.6. The van der Waals surface area contributed by atoms with E-state index < -0.39 is 11.9 Å². The van der Waals surface area contributed by atoms with Crippen LogP contribution in [-0.4, -0.2) is 128 Å². The molecule has 0 amide bonds. The summed E-state index contributed by atoms with van der Waals surface area (Å²) in [7, 11) is 0. The fourth-order valence-electron chi connectivity index (χ4n) is 4.31. The minimum absolute atomic E-state index is 0.0229. The van der Waals surface area contributed by atoms with Crippen molar-refractivity contribution in [3.63, 3.8) is 0 Å². The molecule has 0 radical (unpaired) electrons. The molecule has 1 aromatic rings. The van der Waals surface area contributed by atoms with Crippen LogP contribution in [0.4, 0.5) is 0 Å². The number of carboxylic acid groups (broad SMARTS) is 2. The summed E-state index contributed by atoms with van der Waals surface area (Å²) in [5.41, 5.74) is 1.67. The van der Waals surface area contributed by atoms with Crippen LogP contribution in [0.15, 0.2) is 35.0 Å². The normalized spacial score (nSPS) is 21.2. The van der Waals surface area contributed by atoms with E-state index in [1.165, 1.54) is 6.07 Å². The van der Waals surface area contributed by atoms with Crippen molar-refractivity contribution in [2.24, 2.45) is 4.99 Å². The number of carbonyl (C=O) groups is 2. The molecule has 2 aliphatic heterocycles. The second-order valence-electron chi connectivity index (χ2n) is 9.30. The minimum atomic E-state index is -1.05. The molecule has 0 spiro atoms. The van der Waals surface area contributed by atoms with E-state index in [1.54, 1.807) is 12.1 Å². The first-order chi connectivity index (χ1) is 18.9. The summed E-state index contributed by atoms with van der Waals surface area (Å²) in [5.74, 6) is -2.05. The van der Waals surface area contributed by atoms with E-state index in [1.807, 2.05) is 13.0 Å². The Hall–Kier alpha value is -2.74. The van der Waals surface area contributed by atoms with Crippen LogP contribution >= 0.6 is 0 Å². The van der Waals surface area contributed by atoms with Gasteiger partial charge in [-0.1, -0.05) is 12.1 Å². The summed E-state index contributed by atoms with van der Waals surface area (Å²) in [4.78, 5) is 35.6. The van der Waals surface area contributed by atoms with Gasteiger partial charge in [0.1, 0.15) is 11.4 Å². The van der Waals surface area contributed by atoms with Crippen molar-refractivity contribution in [2.75, 3.05) is 85.6 Å². The minimum Gasteiger partial charge on any atom is -0.477 e. The SMILES string of the molecule is CC(c1cccc(C(=O)O)n1)N1CCOCCOCCN(CC2=NC(C(=O)O)=CCC2)CCOCCOCC1. The lowest BCUT2D eigenvalue weighted by molar-refractivity contribution is -0.132. The van der Waals surface area contributed by atoms with E-state index >= 15 is 0 Å². The first-order valence-corrected chi connectivity index (χ1v) is 13.4. The fourth-order valence-corrected chi connectivity index (χ4v) is 4.31. The van der Waals surface area contributed by atoms with Crippen molar-refractivity contribution < 1.29 is 38.7 Å². The molecule has 3 rings (SSSR count). The van der Waals surface area contributed by atoms with Gasteiger partial charge in [-0.25, -0.2) is 19.6 Å². The molecule has 1 aromatic heterocycles. The Bertz CT molecular complexity index is 966. The molecule has 1 saturated heterocycles. The van der Waals surface area contributed by atoms with Crippen LogP contribution in [-0.2, 0) is 23.7 Å². The maximum absolute atomic E-state index is 11.3. The van der Waals surface area contributed by atoms with Crippen LogP contribution in [0.5, 0.6) is 0 Å². The molecule has 0 bridgehead atoms. The monoisotopic (exact) mass is 548 g/mol. The molecule has 2 aliphatic rings. The molecule has 1 atom stereocenters. The molecule has 39 heavy (non-hydrogen) atoms. The third-order valence-corrected chi connectivity index (χ3v) is 6.53. The number of hydrogen-bond donors (Lipinski definition) is 2. The third-order valence-electron chi connectivity index (χ3n) is 6.53. The highest BCUT2D eigenvalue weighted by Gasteiger charge is 2.19. The van der Waals surface area contributed by atoms with Crippen LogP contribution in [0.1, 0.15) is 42.0 Å². The highest BCUT2D eigenvalue weighted by Crippen LogP contribution is 2.18. The molecule has 12 nitrogen and oxygen atoms in total. The Morgan fingerprint density at radius 3 is 2.03 bits per heavy atom. The Morgan fingerprint density at radius 2 is 1.46 bits per heavy atom. The molecule has 2 N–H and O–H groups in total.